The van der Waals surface area contributed by atoms with Crippen molar-refractivity contribution in [3.05, 3.63) is 69.9 Å². The van der Waals surface area contributed by atoms with Gasteiger partial charge in [0.2, 0.25) is 10.0 Å². The predicted molar refractivity (Wildman–Crippen MR) is 118 cm³/mol. The first kappa shape index (κ1) is 21.4. The van der Waals surface area contributed by atoms with Crippen molar-refractivity contribution >= 4 is 38.6 Å². The van der Waals surface area contributed by atoms with Crippen molar-refractivity contribution in [3.8, 4) is 10.6 Å². The molecule has 0 unspecified atom stereocenters. The van der Waals surface area contributed by atoms with Gasteiger partial charge >= 0.3 is 0 Å². The third-order valence-corrected chi connectivity index (χ3v) is 7.38. The van der Waals surface area contributed by atoms with Crippen molar-refractivity contribution in [2.45, 2.75) is 18.2 Å². The molecule has 0 saturated heterocycles. The van der Waals surface area contributed by atoms with E-state index in [1.54, 1.807) is 34.8 Å². The average Bonchev–Trinajstić information content (AvgIpc) is 3.35. The second-order valence-corrected chi connectivity index (χ2v) is 10.2. The minimum Gasteiger partial charge on any atom is -0.352 e. The van der Waals surface area contributed by atoms with Crippen LogP contribution in [-0.4, -0.2) is 32.4 Å². The van der Waals surface area contributed by atoms with E-state index in [9.17, 15) is 13.2 Å². The van der Waals surface area contributed by atoms with E-state index >= 15 is 0 Å². The fourth-order valence-electron chi connectivity index (χ4n) is 2.58. The zero-order valence-corrected chi connectivity index (χ0v) is 18.3. The van der Waals surface area contributed by atoms with E-state index in [1.165, 1.54) is 18.2 Å². The molecule has 3 aromatic rings. The Labute approximate surface area is 178 Å². The summed E-state index contributed by atoms with van der Waals surface area (Å²) in [5.74, 6) is -0.308. The lowest BCUT2D eigenvalue weighted by Gasteiger charge is -2.08. The smallest absolute Gasteiger partial charge is 0.251 e. The van der Waals surface area contributed by atoms with Gasteiger partial charge in [-0.1, -0.05) is 12.1 Å². The molecule has 2 heterocycles. The van der Waals surface area contributed by atoms with Crippen LogP contribution in [0.2, 0.25) is 0 Å². The van der Waals surface area contributed by atoms with Crippen LogP contribution in [0.1, 0.15) is 20.2 Å². The summed E-state index contributed by atoms with van der Waals surface area (Å²) in [4.78, 5) is 19.2. The van der Waals surface area contributed by atoms with Crippen LogP contribution < -0.4 is 10.0 Å². The molecule has 0 bridgehead atoms. The number of hydrogen-bond donors (Lipinski definition) is 2. The molecule has 0 aliphatic rings. The molecule has 1 aromatic carbocycles. The molecular formula is C20H21N3O3S3. The van der Waals surface area contributed by atoms with Crippen LogP contribution in [0.4, 0.5) is 0 Å². The maximum absolute atomic E-state index is 12.4. The summed E-state index contributed by atoms with van der Waals surface area (Å²) in [5, 5.41) is 5.92. The van der Waals surface area contributed by atoms with Gasteiger partial charge in [0.05, 0.1) is 20.5 Å². The number of sulfonamides is 1. The molecule has 152 valence electrons. The highest BCUT2D eigenvalue weighted by Gasteiger charge is 2.15. The number of thiazole rings is 1. The number of carbonyl (C=O) groups is 1. The summed E-state index contributed by atoms with van der Waals surface area (Å²) in [7, 11) is -3.67. The van der Waals surface area contributed by atoms with Gasteiger partial charge in [0, 0.05) is 28.9 Å². The largest absolute Gasteiger partial charge is 0.352 e. The second kappa shape index (κ2) is 9.45. The molecule has 9 heteroatoms. The Kier molecular flexibility index (Phi) is 6.96. The average molecular weight is 448 g/mol. The van der Waals surface area contributed by atoms with Crippen LogP contribution in [0, 0.1) is 6.92 Å². The first-order valence-electron chi connectivity index (χ1n) is 8.89. The third-order valence-electron chi connectivity index (χ3n) is 4.01. The van der Waals surface area contributed by atoms with Crippen molar-refractivity contribution in [3.63, 3.8) is 0 Å². The molecule has 29 heavy (non-hydrogen) atoms. The molecule has 0 fully saturated rings. The van der Waals surface area contributed by atoms with E-state index in [-0.39, 0.29) is 17.3 Å². The van der Waals surface area contributed by atoms with Crippen LogP contribution in [0.3, 0.4) is 0 Å². The number of amides is 1. The van der Waals surface area contributed by atoms with E-state index in [1.807, 2.05) is 24.4 Å². The molecule has 0 atom stereocenters. The fourth-order valence-corrected chi connectivity index (χ4v) is 5.28. The van der Waals surface area contributed by atoms with Gasteiger partial charge in [-0.15, -0.1) is 29.3 Å². The van der Waals surface area contributed by atoms with Gasteiger partial charge in [0.25, 0.3) is 5.91 Å². The summed E-state index contributed by atoms with van der Waals surface area (Å²) in [5.41, 5.74) is 1.28. The monoisotopic (exact) mass is 447 g/mol. The van der Waals surface area contributed by atoms with Gasteiger partial charge < -0.3 is 5.32 Å². The Balaban J connectivity index is 1.58. The molecule has 0 spiro atoms. The summed E-state index contributed by atoms with van der Waals surface area (Å²) in [6.45, 7) is 6.05. The molecule has 0 saturated carbocycles. The zero-order chi connectivity index (χ0) is 20.9. The first-order chi connectivity index (χ1) is 13.9. The minimum absolute atomic E-state index is 0.0495. The Bertz CT molecular complexity index is 1120. The van der Waals surface area contributed by atoms with Gasteiger partial charge in [-0.3, -0.25) is 4.79 Å². The van der Waals surface area contributed by atoms with Gasteiger partial charge in [-0.05, 0) is 43.7 Å². The van der Waals surface area contributed by atoms with E-state index in [2.05, 4.69) is 21.6 Å². The van der Waals surface area contributed by atoms with Gasteiger partial charge in [-0.2, -0.15) is 0 Å². The topological polar surface area (TPSA) is 88.2 Å². The van der Waals surface area contributed by atoms with Crippen LogP contribution >= 0.6 is 22.7 Å². The molecule has 2 aromatic heterocycles. The summed E-state index contributed by atoms with van der Waals surface area (Å²) in [6.07, 6.45) is 2.15. The van der Waals surface area contributed by atoms with Crippen molar-refractivity contribution in [2.24, 2.45) is 0 Å². The number of aromatic nitrogens is 1. The van der Waals surface area contributed by atoms with Crippen molar-refractivity contribution < 1.29 is 13.2 Å². The molecule has 0 aliphatic carbocycles. The lowest BCUT2D eigenvalue weighted by molar-refractivity contribution is 0.0954. The summed E-state index contributed by atoms with van der Waals surface area (Å²) < 4.78 is 26.8. The zero-order valence-electron chi connectivity index (χ0n) is 15.8. The Hall–Kier alpha value is -2.33. The molecule has 0 aliphatic heterocycles. The normalized spacial score (nSPS) is 11.3. The number of aryl methyl sites for hydroxylation is 1. The van der Waals surface area contributed by atoms with E-state index in [0.29, 0.717) is 18.5 Å². The lowest BCUT2D eigenvalue weighted by atomic mass is 10.2. The highest BCUT2D eigenvalue weighted by molar-refractivity contribution is 7.89. The number of thiophene rings is 1. The SMILES string of the molecule is C=CCNS(=O)(=O)c1cccc(C(=O)NCCc2ccc(-c3csc(C)n3)s2)c1. The standard InChI is InChI=1S/C20H21N3O3S3/c1-3-10-22-29(25,26)17-6-4-5-15(12-17)20(24)21-11-9-16-7-8-19(28-16)18-13-27-14(2)23-18/h3-8,12-13,22H,1,9-11H2,2H3,(H,21,24). The molecule has 0 radical (unpaired) electrons. The van der Waals surface area contributed by atoms with E-state index < -0.39 is 10.0 Å². The third kappa shape index (κ3) is 5.60. The number of hydrogen-bond acceptors (Lipinski definition) is 6. The van der Waals surface area contributed by atoms with Crippen LogP contribution in [0.25, 0.3) is 10.6 Å². The maximum Gasteiger partial charge on any atom is 0.251 e. The minimum atomic E-state index is -3.67. The molecule has 2 N–H and O–H groups in total. The summed E-state index contributed by atoms with van der Waals surface area (Å²) in [6, 6.07) is 10.1. The lowest BCUT2D eigenvalue weighted by Crippen LogP contribution is -2.27. The van der Waals surface area contributed by atoms with Crippen LogP contribution in [0.5, 0.6) is 0 Å². The number of nitrogens with one attached hydrogen (secondary N) is 2. The van der Waals surface area contributed by atoms with Crippen LogP contribution in [-0.2, 0) is 16.4 Å². The Morgan fingerprint density at radius 3 is 2.83 bits per heavy atom. The number of benzene rings is 1. The number of carbonyl (C=O) groups excluding carboxylic acids is 1. The molecule has 1 amide bonds. The van der Waals surface area contributed by atoms with Crippen molar-refractivity contribution in [1.29, 1.82) is 0 Å². The van der Waals surface area contributed by atoms with Gasteiger partial charge in [0.1, 0.15) is 0 Å². The van der Waals surface area contributed by atoms with Gasteiger partial charge in [-0.25, -0.2) is 18.1 Å². The van der Waals surface area contributed by atoms with Crippen molar-refractivity contribution in [2.75, 3.05) is 13.1 Å². The van der Waals surface area contributed by atoms with E-state index in [4.69, 9.17) is 0 Å². The molecule has 6 nitrogen and oxygen atoms in total. The highest BCUT2D eigenvalue weighted by Crippen LogP contribution is 2.29. The number of nitrogens with zero attached hydrogens (tertiary/aromatic N) is 1. The second-order valence-electron chi connectivity index (χ2n) is 6.19. The van der Waals surface area contributed by atoms with Crippen LogP contribution in [0.15, 0.2) is 59.3 Å². The molecule has 3 rings (SSSR count). The van der Waals surface area contributed by atoms with Gasteiger partial charge in [0.15, 0.2) is 0 Å². The predicted octanol–water partition coefficient (Wildman–Crippen LogP) is 3.62. The highest BCUT2D eigenvalue weighted by atomic mass is 32.2. The fraction of sp³-hybridized carbons (Fsp3) is 0.200. The molecular weight excluding hydrogens is 426 g/mol. The Morgan fingerprint density at radius 2 is 2.10 bits per heavy atom. The van der Waals surface area contributed by atoms with Crippen molar-refractivity contribution in [1.82, 2.24) is 15.0 Å². The first-order valence-corrected chi connectivity index (χ1v) is 12.1. The quantitative estimate of drug-likeness (QED) is 0.491. The van der Waals surface area contributed by atoms with E-state index in [0.717, 1.165) is 20.5 Å². The number of rotatable bonds is 9. The maximum atomic E-state index is 12.4. The Morgan fingerprint density at radius 1 is 1.28 bits per heavy atom. The summed E-state index contributed by atoms with van der Waals surface area (Å²) >= 11 is 3.28.